The molecule has 2 unspecified atom stereocenters. The molecule has 0 spiro atoms. The van der Waals surface area contributed by atoms with Crippen LogP contribution in [0.15, 0.2) is 22.7 Å². The Kier molecular flexibility index (Phi) is 4.72. The van der Waals surface area contributed by atoms with Gasteiger partial charge in [0.15, 0.2) is 0 Å². The van der Waals surface area contributed by atoms with Crippen molar-refractivity contribution >= 4 is 27.7 Å². The minimum atomic E-state index is 0.304. The molecule has 0 radical (unpaired) electrons. The van der Waals surface area contributed by atoms with Crippen molar-refractivity contribution in [3.63, 3.8) is 0 Å². The summed E-state index contributed by atoms with van der Waals surface area (Å²) in [6, 6.07) is 6.29. The summed E-state index contributed by atoms with van der Waals surface area (Å²) < 4.78 is 7.10. The van der Waals surface area contributed by atoms with Gasteiger partial charge in [-0.3, -0.25) is 0 Å². The van der Waals surface area contributed by atoms with Crippen LogP contribution in [0.25, 0.3) is 0 Å². The number of ether oxygens (including phenoxy) is 1. The first-order valence-corrected chi connectivity index (χ1v) is 8.93. The lowest BCUT2D eigenvalue weighted by atomic mass is 10.1. The Morgan fingerprint density at radius 1 is 1.32 bits per heavy atom. The molecule has 2 aliphatic heterocycles. The topological polar surface area (TPSA) is 21.3 Å². The number of thioether (sulfide) groups is 1. The lowest BCUT2D eigenvalue weighted by Crippen LogP contribution is -2.35. The molecule has 2 heterocycles. The molecule has 0 bridgehead atoms. The molecule has 1 fully saturated rings. The van der Waals surface area contributed by atoms with Crippen molar-refractivity contribution in [1.29, 1.82) is 0 Å². The first-order valence-electron chi connectivity index (χ1n) is 7.08. The molecule has 0 saturated carbocycles. The van der Waals surface area contributed by atoms with E-state index >= 15 is 0 Å². The van der Waals surface area contributed by atoms with Crippen molar-refractivity contribution in [1.82, 2.24) is 5.32 Å². The molecule has 4 heteroatoms. The van der Waals surface area contributed by atoms with Crippen LogP contribution in [-0.4, -0.2) is 30.2 Å². The second-order valence-corrected chi connectivity index (χ2v) is 7.67. The monoisotopic (exact) mass is 341 g/mol. The fourth-order valence-corrected chi connectivity index (χ4v) is 4.46. The van der Waals surface area contributed by atoms with Crippen LogP contribution < -0.4 is 10.1 Å². The van der Waals surface area contributed by atoms with E-state index in [1.165, 1.54) is 30.6 Å². The van der Waals surface area contributed by atoms with Gasteiger partial charge in [0.25, 0.3) is 0 Å². The molecule has 1 aromatic rings. The molecule has 0 aromatic heterocycles. The zero-order valence-corrected chi connectivity index (χ0v) is 13.4. The number of halogens is 1. The number of hydrogen-bond donors (Lipinski definition) is 1. The molecule has 1 aromatic carbocycles. The zero-order chi connectivity index (χ0) is 13.1. The minimum Gasteiger partial charge on any atom is -0.488 e. The van der Waals surface area contributed by atoms with E-state index in [0.29, 0.717) is 6.10 Å². The van der Waals surface area contributed by atoms with Crippen molar-refractivity contribution in [3.8, 4) is 5.75 Å². The van der Waals surface area contributed by atoms with E-state index in [-0.39, 0.29) is 0 Å². The van der Waals surface area contributed by atoms with Gasteiger partial charge in [0.2, 0.25) is 0 Å². The van der Waals surface area contributed by atoms with E-state index in [1.807, 2.05) is 6.07 Å². The summed E-state index contributed by atoms with van der Waals surface area (Å²) in [4.78, 5) is 0. The van der Waals surface area contributed by atoms with Crippen LogP contribution in [0.4, 0.5) is 0 Å². The quantitative estimate of drug-likeness (QED) is 0.903. The standard InChI is InChI=1S/C15H20BrNOS/c16-12-4-5-15-11(7-12)8-13(18-15)9-17-10-14-3-1-2-6-19-14/h4-5,7,13-14,17H,1-3,6,8-10H2. The maximum absolute atomic E-state index is 5.96. The smallest absolute Gasteiger partial charge is 0.123 e. The summed E-state index contributed by atoms with van der Waals surface area (Å²) in [6.45, 7) is 2.09. The number of nitrogens with one attached hydrogen (secondary N) is 1. The molecular formula is C15H20BrNOS. The molecule has 1 saturated heterocycles. The van der Waals surface area contributed by atoms with E-state index in [0.717, 1.165) is 35.0 Å². The van der Waals surface area contributed by atoms with Crippen LogP contribution in [0.5, 0.6) is 5.75 Å². The highest BCUT2D eigenvalue weighted by molar-refractivity contribution is 9.10. The Labute approximate surface area is 127 Å². The number of rotatable bonds is 4. The Bertz CT molecular complexity index is 434. The SMILES string of the molecule is Brc1ccc2c(c1)CC(CNCC1CCCCS1)O2. The molecule has 3 rings (SSSR count). The van der Waals surface area contributed by atoms with Crippen LogP contribution in [0.3, 0.4) is 0 Å². The molecule has 1 N–H and O–H groups in total. The molecule has 0 amide bonds. The fourth-order valence-electron chi connectivity index (χ4n) is 2.78. The van der Waals surface area contributed by atoms with Crippen LogP contribution >= 0.6 is 27.7 Å². The third kappa shape index (κ3) is 3.67. The number of hydrogen-bond acceptors (Lipinski definition) is 3. The molecule has 0 aliphatic carbocycles. The van der Waals surface area contributed by atoms with Gasteiger partial charge in [-0.25, -0.2) is 0 Å². The summed E-state index contributed by atoms with van der Waals surface area (Å²) in [7, 11) is 0. The summed E-state index contributed by atoms with van der Waals surface area (Å²) in [6.07, 6.45) is 5.50. The average Bonchev–Trinajstić information content (AvgIpc) is 2.82. The lowest BCUT2D eigenvalue weighted by molar-refractivity contribution is 0.227. The van der Waals surface area contributed by atoms with Gasteiger partial charge >= 0.3 is 0 Å². The average molecular weight is 342 g/mol. The summed E-state index contributed by atoms with van der Waals surface area (Å²) in [5, 5.41) is 4.40. The van der Waals surface area contributed by atoms with Gasteiger partial charge in [0.05, 0.1) is 0 Å². The van der Waals surface area contributed by atoms with Crippen molar-refractivity contribution in [2.24, 2.45) is 0 Å². The van der Waals surface area contributed by atoms with Gasteiger partial charge in [-0.1, -0.05) is 22.4 Å². The molecule has 19 heavy (non-hydrogen) atoms. The third-order valence-electron chi connectivity index (χ3n) is 3.78. The second kappa shape index (κ2) is 6.51. The molecule has 2 nitrogen and oxygen atoms in total. The fraction of sp³-hybridized carbons (Fsp3) is 0.600. The lowest BCUT2D eigenvalue weighted by Gasteiger charge is -2.22. The van der Waals surface area contributed by atoms with Crippen LogP contribution in [0.1, 0.15) is 24.8 Å². The van der Waals surface area contributed by atoms with E-state index in [2.05, 4.69) is 45.1 Å². The Balaban J connectivity index is 1.43. The highest BCUT2D eigenvalue weighted by atomic mass is 79.9. The third-order valence-corrected chi connectivity index (χ3v) is 5.67. The first kappa shape index (κ1) is 13.8. The van der Waals surface area contributed by atoms with Gasteiger partial charge < -0.3 is 10.1 Å². The predicted molar refractivity (Wildman–Crippen MR) is 85.2 cm³/mol. The summed E-state index contributed by atoms with van der Waals surface area (Å²) in [5.74, 6) is 2.40. The van der Waals surface area contributed by atoms with Gasteiger partial charge in [-0.2, -0.15) is 11.8 Å². The van der Waals surface area contributed by atoms with E-state index in [9.17, 15) is 0 Å². The van der Waals surface area contributed by atoms with E-state index < -0.39 is 0 Å². The maximum atomic E-state index is 5.96. The normalized spacial score (nSPS) is 25.9. The van der Waals surface area contributed by atoms with E-state index in [1.54, 1.807) is 0 Å². The highest BCUT2D eigenvalue weighted by Crippen LogP contribution is 2.31. The largest absolute Gasteiger partial charge is 0.488 e. The molecule has 2 atom stereocenters. The molecular weight excluding hydrogens is 322 g/mol. The van der Waals surface area contributed by atoms with E-state index in [4.69, 9.17) is 4.74 Å². The number of benzene rings is 1. The van der Waals surface area contributed by atoms with Gasteiger partial charge in [0.1, 0.15) is 11.9 Å². The van der Waals surface area contributed by atoms with Gasteiger partial charge in [0, 0.05) is 29.2 Å². The van der Waals surface area contributed by atoms with Gasteiger partial charge in [-0.05, 0) is 42.4 Å². The highest BCUT2D eigenvalue weighted by Gasteiger charge is 2.23. The summed E-state index contributed by atoms with van der Waals surface area (Å²) in [5.41, 5.74) is 1.33. The Morgan fingerprint density at radius 2 is 2.26 bits per heavy atom. The second-order valence-electron chi connectivity index (χ2n) is 5.34. The first-order chi connectivity index (χ1) is 9.31. The van der Waals surface area contributed by atoms with Crippen LogP contribution in [0.2, 0.25) is 0 Å². The van der Waals surface area contributed by atoms with Crippen molar-refractivity contribution in [2.45, 2.75) is 37.0 Å². The minimum absolute atomic E-state index is 0.304. The maximum Gasteiger partial charge on any atom is 0.123 e. The van der Waals surface area contributed by atoms with Crippen molar-refractivity contribution < 1.29 is 4.74 Å². The van der Waals surface area contributed by atoms with Crippen LogP contribution in [0, 0.1) is 0 Å². The van der Waals surface area contributed by atoms with Crippen LogP contribution in [-0.2, 0) is 6.42 Å². The molecule has 2 aliphatic rings. The molecule has 104 valence electrons. The predicted octanol–water partition coefficient (Wildman–Crippen LogP) is 3.63. The Morgan fingerprint density at radius 3 is 3.11 bits per heavy atom. The Hall–Kier alpha value is -0.190. The zero-order valence-electron chi connectivity index (χ0n) is 11.0. The van der Waals surface area contributed by atoms with Crippen molar-refractivity contribution in [2.75, 3.05) is 18.8 Å². The van der Waals surface area contributed by atoms with Crippen molar-refractivity contribution in [3.05, 3.63) is 28.2 Å². The van der Waals surface area contributed by atoms with Gasteiger partial charge in [-0.15, -0.1) is 0 Å². The number of fused-ring (bicyclic) bond motifs is 1. The summed E-state index contributed by atoms with van der Waals surface area (Å²) >= 11 is 5.64.